The molecule has 0 unspecified atom stereocenters. The average Bonchev–Trinajstić information content (AvgIpc) is 3.26. The van der Waals surface area contributed by atoms with Gasteiger partial charge in [-0.25, -0.2) is 4.68 Å². The molecule has 0 atom stereocenters. The van der Waals surface area contributed by atoms with Crippen LogP contribution < -0.4 is 4.74 Å². The van der Waals surface area contributed by atoms with Crippen LogP contribution in [-0.2, 0) is 32.6 Å². The molecule has 6 nitrogen and oxygen atoms in total. The summed E-state index contributed by atoms with van der Waals surface area (Å²) in [6.07, 6.45) is 0.899. The number of tetrazole rings is 1. The third kappa shape index (κ3) is 5.99. The summed E-state index contributed by atoms with van der Waals surface area (Å²) in [5, 5.41) is 12.5. The van der Waals surface area contributed by atoms with Crippen molar-refractivity contribution in [1.29, 1.82) is 0 Å². The highest BCUT2D eigenvalue weighted by Crippen LogP contribution is 2.16. The first-order valence-corrected chi connectivity index (χ1v) is 10.5. The highest BCUT2D eigenvalue weighted by atomic mass is 16.5. The maximum Gasteiger partial charge on any atom is 0.165 e. The lowest BCUT2D eigenvalue weighted by Crippen LogP contribution is -2.25. The molecule has 3 aromatic carbocycles. The molecule has 0 spiro atoms. The fourth-order valence-electron chi connectivity index (χ4n) is 3.59. The van der Waals surface area contributed by atoms with Gasteiger partial charge in [-0.05, 0) is 45.7 Å². The van der Waals surface area contributed by atoms with Gasteiger partial charge < -0.3 is 4.74 Å². The standard InChI is InChI=1S/C25H27N5O/c1-31-24-14-12-23(13-15-24)19-29(18-22-10-6-3-7-11-22)20-25-26-27-28-30(25)17-16-21-8-4-2-5-9-21/h2-15H,16-20H2,1H3. The zero-order valence-corrected chi connectivity index (χ0v) is 17.8. The molecule has 0 amide bonds. The van der Waals surface area contributed by atoms with Gasteiger partial charge in [0.1, 0.15) is 5.75 Å². The summed E-state index contributed by atoms with van der Waals surface area (Å²) < 4.78 is 7.21. The molecule has 0 bridgehead atoms. The first-order valence-electron chi connectivity index (χ1n) is 10.5. The van der Waals surface area contributed by atoms with Gasteiger partial charge in [0.2, 0.25) is 0 Å². The Balaban J connectivity index is 1.48. The van der Waals surface area contributed by atoms with Crippen LogP contribution in [0.25, 0.3) is 0 Å². The fourth-order valence-corrected chi connectivity index (χ4v) is 3.59. The maximum absolute atomic E-state index is 5.29. The quantitative estimate of drug-likeness (QED) is 0.391. The number of benzene rings is 3. The van der Waals surface area contributed by atoms with E-state index in [0.29, 0.717) is 6.54 Å². The summed E-state index contributed by atoms with van der Waals surface area (Å²) in [4.78, 5) is 2.36. The van der Waals surface area contributed by atoms with Gasteiger partial charge >= 0.3 is 0 Å². The van der Waals surface area contributed by atoms with E-state index in [9.17, 15) is 0 Å². The zero-order chi connectivity index (χ0) is 21.3. The first-order chi connectivity index (χ1) is 15.3. The number of methoxy groups -OCH3 is 1. The lowest BCUT2D eigenvalue weighted by molar-refractivity contribution is 0.236. The second-order valence-electron chi connectivity index (χ2n) is 7.53. The summed E-state index contributed by atoms with van der Waals surface area (Å²) in [7, 11) is 1.69. The number of hydrogen-bond acceptors (Lipinski definition) is 5. The molecule has 4 rings (SSSR count). The first kappa shape index (κ1) is 20.8. The molecule has 0 N–H and O–H groups in total. The second kappa shape index (κ2) is 10.5. The van der Waals surface area contributed by atoms with Gasteiger partial charge in [0, 0.05) is 19.6 Å². The molecule has 31 heavy (non-hydrogen) atoms. The van der Waals surface area contributed by atoms with Crippen LogP contribution in [0.2, 0.25) is 0 Å². The van der Waals surface area contributed by atoms with E-state index in [1.54, 1.807) is 7.11 Å². The minimum Gasteiger partial charge on any atom is -0.497 e. The van der Waals surface area contributed by atoms with Crippen LogP contribution in [0.3, 0.4) is 0 Å². The van der Waals surface area contributed by atoms with E-state index in [1.807, 2.05) is 28.9 Å². The predicted molar refractivity (Wildman–Crippen MR) is 120 cm³/mol. The molecule has 6 heteroatoms. The topological polar surface area (TPSA) is 56.1 Å². The SMILES string of the molecule is COc1ccc(CN(Cc2ccccc2)Cc2nnnn2CCc2ccccc2)cc1. The van der Waals surface area contributed by atoms with E-state index < -0.39 is 0 Å². The largest absolute Gasteiger partial charge is 0.497 e. The highest BCUT2D eigenvalue weighted by molar-refractivity contribution is 5.27. The molecule has 4 aromatic rings. The summed E-state index contributed by atoms with van der Waals surface area (Å²) >= 11 is 0. The monoisotopic (exact) mass is 413 g/mol. The normalized spacial score (nSPS) is 11.0. The summed E-state index contributed by atoms with van der Waals surface area (Å²) in [6.45, 7) is 3.04. The van der Waals surface area contributed by atoms with Crippen molar-refractivity contribution in [2.75, 3.05) is 7.11 Å². The fraction of sp³-hybridized carbons (Fsp3) is 0.240. The summed E-state index contributed by atoms with van der Waals surface area (Å²) in [5.41, 5.74) is 3.77. The average molecular weight is 414 g/mol. The Hall–Kier alpha value is -3.51. The highest BCUT2D eigenvalue weighted by Gasteiger charge is 2.14. The Labute approximate surface area is 183 Å². The molecule has 0 saturated heterocycles. The Bertz CT molecular complexity index is 1050. The van der Waals surface area contributed by atoms with E-state index in [1.165, 1.54) is 16.7 Å². The second-order valence-corrected chi connectivity index (χ2v) is 7.53. The van der Waals surface area contributed by atoms with Crippen LogP contribution >= 0.6 is 0 Å². The minimum atomic E-state index is 0.669. The Morgan fingerprint density at radius 1 is 0.742 bits per heavy atom. The van der Waals surface area contributed by atoms with Crippen LogP contribution in [0.4, 0.5) is 0 Å². The van der Waals surface area contributed by atoms with Gasteiger partial charge in [-0.1, -0.05) is 72.8 Å². The minimum absolute atomic E-state index is 0.669. The maximum atomic E-state index is 5.29. The molecule has 0 fully saturated rings. The van der Waals surface area contributed by atoms with Crippen molar-refractivity contribution in [3.63, 3.8) is 0 Å². The molecule has 0 aliphatic rings. The third-order valence-electron chi connectivity index (χ3n) is 5.24. The molecule has 0 saturated carbocycles. The van der Waals surface area contributed by atoms with Crippen LogP contribution in [0.1, 0.15) is 22.5 Å². The predicted octanol–water partition coefficient (Wildman–Crippen LogP) is 4.13. The van der Waals surface area contributed by atoms with Gasteiger partial charge in [0.15, 0.2) is 5.82 Å². The van der Waals surface area contributed by atoms with Crippen molar-refractivity contribution in [2.45, 2.75) is 32.6 Å². The zero-order valence-electron chi connectivity index (χ0n) is 17.8. The van der Waals surface area contributed by atoms with Crippen molar-refractivity contribution in [3.05, 3.63) is 107 Å². The number of hydrogen-bond donors (Lipinski definition) is 0. The van der Waals surface area contributed by atoms with Crippen molar-refractivity contribution < 1.29 is 4.74 Å². The lowest BCUT2D eigenvalue weighted by atomic mass is 10.1. The number of rotatable bonds is 10. The van der Waals surface area contributed by atoms with E-state index in [2.05, 4.69) is 81.1 Å². The number of ether oxygens (including phenoxy) is 1. The van der Waals surface area contributed by atoms with Crippen molar-refractivity contribution in [1.82, 2.24) is 25.1 Å². The summed E-state index contributed by atoms with van der Waals surface area (Å²) in [5.74, 6) is 1.74. The number of nitrogens with zero attached hydrogens (tertiary/aromatic N) is 5. The van der Waals surface area contributed by atoms with Crippen molar-refractivity contribution in [2.24, 2.45) is 0 Å². The van der Waals surface area contributed by atoms with Crippen LogP contribution in [0.5, 0.6) is 5.75 Å². The van der Waals surface area contributed by atoms with Crippen molar-refractivity contribution >= 4 is 0 Å². The van der Waals surface area contributed by atoms with E-state index >= 15 is 0 Å². The molecule has 1 aromatic heterocycles. The van der Waals surface area contributed by atoms with Crippen molar-refractivity contribution in [3.8, 4) is 5.75 Å². The third-order valence-corrected chi connectivity index (χ3v) is 5.24. The van der Waals surface area contributed by atoms with Gasteiger partial charge in [-0.15, -0.1) is 5.10 Å². The number of aryl methyl sites for hydroxylation is 2. The van der Waals surface area contributed by atoms with E-state index in [0.717, 1.165) is 37.6 Å². The van der Waals surface area contributed by atoms with Gasteiger partial charge in [0.25, 0.3) is 0 Å². The van der Waals surface area contributed by atoms with E-state index in [4.69, 9.17) is 4.74 Å². The molecule has 158 valence electrons. The Morgan fingerprint density at radius 2 is 1.35 bits per heavy atom. The van der Waals surface area contributed by atoms with Gasteiger partial charge in [-0.3, -0.25) is 4.90 Å². The van der Waals surface area contributed by atoms with Crippen LogP contribution in [0.15, 0.2) is 84.9 Å². The Morgan fingerprint density at radius 3 is 2.00 bits per heavy atom. The van der Waals surface area contributed by atoms with Crippen LogP contribution in [-0.4, -0.2) is 32.2 Å². The Kier molecular flexibility index (Phi) is 7.03. The molecule has 0 radical (unpaired) electrons. The van der Waals surface area contributed by atoms with Gasteiger partial charge in [-0.2, -0.15) is 0 Å². The van der Waals surface area contributed by atoms with Crippen LogP contribution in [0, 0.1) is 0 Å². The molecule has 1 heterocycles. The smallest absolute Gasteiger partial charge is 0.165 e. The van der Waals surface area contributed by atoms with Gasteiger partial charge in [0.05, 0.1) is 13.7 Å². The molecule has 0 aliphatic carbocycles. The molecular formula is C25H27N5O. The molecular weight excluding hydrogens is 386 g/mol. The number of aromatic nitrogens is 4. The molecule has 0 aliphatic heterocycles. The lowest BCUT2D eigenvalue weighted by Gasteiger charge is -2.22. The van der Waals surface area contributed by atoms with E-state index in [-0.39, 0.29) is 0 Å². The summed E-state index contributed by atoms with van der Waals surface area (Å²) in [6, 6.07) is 29.1.